The minimum absolute atomic E-state index is 0.150. The molecule has 154 valence electrons. The van der Waals surface area contributed by atoms with Crippen LogP contribution in [0, 0.1) is 0 Å². The Labute approximate surface area is 167 Å². The van der Waals surface area contributed by atoms with Crippen LogP contribution >= 0.6 is 0 Å². The van der Waals surface area contributed by atoms with Gasteiger partial charge < -0.3 is 10.0 Å². The number of pyridine rings is 1. The molecule has 0 aromatic carbocycles. The number of alkyl halides is 2. The molecule has 3 aromatic heterocycles. The first-order chi connectivity index (χ1) is 13.6. The van der Waals surface area contributed by atoms with Crippen LogP contribution in [0.3, 0.4) is 0 Å². The summed E-state index contributed by atoms with van der Waals surface area (Å²) in [4.78, 5) is 15.1. The fraction of sp³-hybridized carbons (Fsp3) is 0.500. The molecule has 0 aliphatic carbocycles. The fourth-order valence-corrected chi connectivity index (χ4v) is 3.40. The lowest BCUT2D eigenvalue weighted by Gasteiger charge is -2.22. The summed E-state index contributed by atoms with van der Waals surface area (Å²) in [6, 6.07) is 5.32. The Bertz CT molecular complexity index is 1010. The van der Waals surface area contributed by atoms with Gasteiger partial charge in [0.2, 0.25) is 0 Å². The zero-order chi connectivity index (χ0) is 20.8. The van der Waals surface area contributed by atoms with Gasteiger partial charge in [-0.2, -0.15) is 5.10 Å². The van der Waals surface area contributed by atoms with Gasteiger partial charge >= 0.3 is 0 Å². The third-order valence-electron chi connectivity index (χ3n) is 4.99. The molecule has 1 atom stereocenters. The van der Waals surface area contributed by atoms with E-state index in [1.165, 1.54) is 0 Å². The van der Waals surface area contributed by atoms with E-state index in [1.807, 2.05) is 20.8 Å². The molecule has 9 heteroatoms. The third-order valence-corrected chi connectivity index (χ3v) is 4.99. The molecule has 1 aliphatic heterocycles. The molecular formula is C20H24F2N6O. The summed E-state index contributed by atoms with van der Waals surface area (Å²) < 4.78 is 29.3. The second-order valence-corrected chi connectivity index (χ2v) is 8.48. The summed E-state index contributed by atoms with van der Waals surface area (Å²) in [5.74, 6) is -1.72. The van der Waals surface area contributed by atoms with E-state index >= 15 is 0 Å². The van der Waals surface area contributed by atoms with E-state index in [0.717, 1.165) is 0 Å². The van der Waals surface area contributed by atoms with E-state index in [9.17, 15) is 13.9 Å². The topological polar surface area (TPSA) is 80.0 Å². The highest BCUT2D eigenvalue weighted by molar-refractivity contribution is 5.87. The van der Waals surface area contributed by atoms with Gasteiger partial charge in [-0.3, -0.25) is 4.98 Å². The van der Waals surface area contributed by atoms with E-state index in [0.29, 0.717) is 28.4 Å². The van der Waals surface area contributed by atoms with Crippen molar-refractivity contribution in [1.82, 2.24) is 24.7 Å². The van der Waals surface area contributed by atoms with Crippen molar-refractivity contribution in [3.8, 4) is 0 Å². The van der Waals surface area contributed by atoms with Crippen LogP contribution in [0.5, 0.6) is 0 Å². The summed E-state index contributed by atoms with van der Waals surface area (Å²) in [7, 11) is 0. The molecule has 0 saturated carbocycles. The number of anilines is 1. The van der Waals surface area contributed by atoms with E-state index < -0.39 is 12.0 Å². The van der Waals surface area contributed by atoms with Crippen LogP contribution in [0.4, 0.5) is 14.6 Å². The Morgan fingerprint density at radius 3 is 2.66 bits per heavy atom. The van der Waals surface area contributed by atoms with Crippen molar-refractivity contribution in [2.45, 2.75) is 51.2 Å². The molecule has 0 bridgehead atoms. The van der Waals surface area contributed by atoms with Crippen LogP contribution in [0.2, 0.25) is 0 Å². The standard InChI is InChI=1S/C20H24F2N6O/c1-19(2,3)18-25-16(27-9-7-20(21,22)12-27)13-10-24-28(17(13)26-18)11-15(29)14-6-4-5-8-23-14/h4-6,8,10,15,29H,7,9,11-12H2,1-3H3. The van der Waals surface area contributed by atoms with Gasteiger partial charge in [0.1, 0.15) is 17.7 Å². The minimum atomic E-state index is -2.73. The first-order valence-corrected chi connectivity index (χ1v) is 9.60. The lowest BCUT2D eigenvalue weighted by molar-refractivity contribution is 0.0257. The summed E-state index contributed by atoms with van der Waals surface area (Å²) in [5.41, 5.74) is 0.672. The van der Waals surface area contributed by atoms with Crippen LogP contribution in [-0.4, -0.2) is 48.9 Å². The molecule has 3 aromatic rings. The third kappa shape index (κ3) is 3.91. The molecule has 0 spiro atoms. The largest absolute Gasteiger partial charge is 0.385 e. The number of halogens is 2. The fourth-order valence-electron chi connectivity index (χ4n) is 3.40. The molecule has 1 N–H and O–H groups in total. The molecule has 29 heavy (non-hydrogen) atoms. The molecule has 4 heterocycles. The maximum atomic E-state index is 13.8. The van der Waals surface area contributed by atoms with Gasteiger partial charge in [0.15, 0.2) is 5.65 Å². The van der Waals surface area contributed by atoms with Crippen molar-refractivity contribution in [3.05, 3.63) is 42.1 Å². The van der Waals surface area contributed by atoms with Gasteiger partial charge in [-0.15, -0.1) is 0 Å². The van der Waals surface area contributed by atoms with Crippen LogP contribution < -0.4 is 4.90 Å². The van der Waals surface area contributed by atoms with Crippen LogP contribution in [0.25, 0.3) is 11.0 Å². The Balaban J connectivity index is 1.77. The predicted octanol–water partition coefficient (Wildman–Crippen LogP) is 3.10. The number of rotatable bonds is 4. The molecule has 0 amide bonds. The number of hydrogen-bond acceptors (Lipinski definition) is 6. The van der Waals surface area contributed by atoms with Gasteiger partial charge in [0.05, 0.1) is 30.4 Å². The number of aromatic nitrogens is 5. The minimum Gasteiger partial charge on any atom is -0.385 e. The van der Waals surface area contributed by atoms with Crippen LogP contribution in [-0.2, 0) is 12.0 Å². The average Bonchev–Trinajstić information content (AvgIpc) is 3.24. The highest BCUT2D eigenvalue weighted by Gasteiger charge is 2.40. The number of hydrogen-bond donors (Lipinski definition) is 1. The quantitative estimate of drug-likeness (QED) is 0.722. The maximum Gasteiger partial charge on any atom is 0.266 e. The summed E-state index contributed by atoms with van der Waals surface area (Å²) >= 11 is 0. The van der Waals surface area contributed by atoms with E-state index in [-0.39, 0.29) is 31.5 Å². The second-order valence-electron chi connectivity index (χ2n) is 8.48. The number of fused-ring (bicyclic) bond motifs is 1. The Morgan fingerprint density at radius 2 is 2.03 bits per heavy atom. The highest BCUT2D eigenvalue weighted by Crippen LogP contribution is 2.35. The SMILES string of the molecule is CC(C)(C)c1nc(N2CCC(F)(F)C2)c2cnn(CC(O)c3ccccn3)c2n1. The second kappa shape index (κ2) is 6.98. The van der Waals surface area contributed by atoms with E-state index in [4.69, 9.17) is 0 Å². The van der Waals surface area contributed by atoms with Crippen molar-refractivity contribution in [2.24, 2.45) is 0 Å². The van der Waals surface area contributed by atoms with Crippen molar-refractivity contribution in [3.63, 3.8) is 0 Å². The lowest BCUT2D eigenvalue weighted by Crippen LogP contribution is -2.27. The summed E-state index contributed by atoms with van der Waals surface area (Å²) in [5, 5.41) is 15.5. The number of aliphatic hydroxyl groups excluding tert-OH is 1. The van der Waals surface area contributed by atoms with Crippen molar-refractivity contribution in [1.29, 1.82) is 0 Å². The predicted molar refractivity (Wildman–Crippen MR) is 105 cm³/mol. The maximum absolute atomic E-state index is 13.8. The Kier molecular flexibility index (Phi) is 4.72. The number of nitrogens with zero attached hydrogens (tertiary/aromatic N) is 6. The number of aliphatic hydroxyl groups is 1. The van der Waals surface area contributed by atoms with E-state index in [1.54, 1.807) is 40.2 Å². The van der Waals surface area contributed by atoms with Gasteiger partial charge in [-0.05, 0) is 12.1 Å². The van der Waals surface area contributed by atoms with Crippen molar-refractivity contribution >= 4 is 16.9 Å². The molecular weight excluding hydrogens is 378 g/mol. The Hall–Kier alpha value is -2.68. The monoisotopic (exact) mass is 402 g/mol. The van der Waals surface area contributed by atoms with Gasteiger partial charge in [-0.1, -0.05) is 26.8 Å². The highest BCUT2D eigenvalue weighted by atomic mass is 19.3. The molecule has 1 aliphatic rings. The summed E-state index contributed by atoms with van der Waals surface area (Å²) in [6.07, 6.45) is 2.13. The first kappa shape index (κ1) is 19.6. The van der Waals surface area contributed by atoms with Gasteiger partial charge in [-0.25, -0.2) is 23.4 Å². The lowest BCUT2D eigenvalue weighted by atomic mass is 9.95. The van der Waals surface area contributed by atoms with Crippen molar-refractivity contribution < 1.29 is 13.9 Å². The molecule has 1 saturated heterocycles. The zero-order valence-electron chi connectivity index (χ0n) is 16.7. The normalized spacial score (nSPS) is 17.8. The zero-order valence-corrected chi connectivity index (χ0v) is 16.7. The molecule has 4 rings (SSSR count). The molecule has 0 radical (unpaired) electrons. The van der Waals surface area contributed by atoms with Crippen LogP contribution in [0.15, 0.2) is 30.6 Å². The Morgan fingerprint density at radius 1 is 1.24 bits per heavy atom. The molecule has 1 unspecified atom stereocenters. The first-order valence-electron chi connectivity index (χ1n) is 9.60. The van der Waals surface area contributed by atoms with Crippen LogP contribution in [0.1, 0.15) is 44.8 Å². The smallest absolute Gasteiger partial charge is 0.266 e. The molecule has 1 fully saturated rings. The summed E-state index contributed by atoms with van der Waals surface area (Å²) in [6.45, 7) is 5.92. The van der Waals surface area contributed by atoms with Crippen molar-refractivity contribution in [2.75, 3.05) is 18.0 Å². The molecule has 7 nitrogen and oxygen atoms in total. The van der Waals surface area contributed by atoms with Gasteiger partial charge in [0.25, 0.3) is 5.92 Å². The van der Waals surface area contributed by atoms with Gasteiger partial charge in [0, 0.05) is 24.6 Å². The average molecular weight is 402 g/mol. The van der Waals surface area contributed by atoms with E-state index in [2.05, 4.69) is 20.1 Å².